The molecule has 0 spiro atoms. The lowest BCUT2D eigenvalue weighted by atomic mass is 10.2. The molecular formula is C14H15NO3. The number of nitrogens with one attached hydrogen (secondary N) is 1. The SMILES string of the molecule is CONC(=O)CCc1ccc(-c2ccccc2)o1. The van der Waals surface area contributed by atoms with E-state index in [2.05, 4.69) is 10.3 Å². The number of amides is 1. The second-order valence-electron chi connectivity index (χ2n) is 3.86. The molecule has 0 fully saturated rings. The minimum Gasteiger partial charge on any atom is -0.461 e. The standard InChI is InChI=1S/C14H15NO3/c1-17-15-14(16)10-8-12-7-9-13(18-12)11-5-3-2-4-6-11/h2-7,9H,8,10H2,1H3,(H,15,16). The highest BCUT2D eigenvalue weighted by atomic mass is 16.6. The Hall–Kier alpha value is -2.07. The van der Waals surface area contributed by atoms with E-state index in [0.717, 1.165) is 17.1 Å². The zero-order valence-corrected chi connectivity index (χ0v) is 10.2. The number of hydroxylamine groups is 1. The number of hydrogen-bond donors (Lipinski definition) is 1. The third-order valence-electron chi connectivity index (χ3n) is 2.53. The van der Waals surface area contributed by atoms with E-state index in [1.54, 1.807) is 0 Å². The van der Waals surface area contributed by atoms with Gasteiger partial charge in [0.15, 0.2) is 0 Å². The number of carbonyl (C=O) groups is 1. The predicted octanol–water partition coefficient (Wildman–Crippen LogP) is 2.56. The van der Waals surface area contributed by atoms with E-state index >= 15 is 0 Å². The summed E-state index contributed by atoms with van der Waals surface area (Å²) in [5.41, 5.74) is 3.31. The van der Waals surface area contributed by atoms with Gasteiger partial charge in [0.25, 0.3) is 0 Å². The van der Waals surface area contributed by atoms with Crippen LogP contribution in [0.3, 0.4) is 0 Å². The predicted molar refractivity (Wildman–Crippen MR) is 67.6 cm³/mol. The summed E-state index contributed by atoms with van der Waals surface area (Å²) in [7, 11) is 1.41. The third kappa shape index (κ3) is 3.21. The van der Waals surface area contributed by atoms with Gasteiger partial charge >= 0.3 is 0 Å². The molecule has 0 radical (unpaired) electrons. The summed E-state index contributed by atoms with van der Waals surface area (Å²) >= 11 is 0. The van der Waals surface area contributed by atoms with Crippen molar-refractivity contribution in [3.8, 4) is 11.3 Å². The Bertz CT molecular complexity index is 505. The Morgan fingerprint density at radius 3 is 2.72 bits per heavy atom. The molecule has 0 saturated heterocycles. The maximum atomic E-state index is 11.2. The molecule has 4 nitrogen and oxygen atoms in total. The number of rotatable bonds is 5. The van der Waals surface area contributed by atoms with Gasteiger partial charge in [0.2, 0.25) is 5.91 Å². The number of aryl methyl sites for hydroxylation is 1. The maximum Gasteiger partial charge on any atom is 0.243 e. The Labute approximate surface area is 106 Å². The summed E-state index contributed by atoms with van der Waals surface area (Å²) in [5, 5.41) is 0. The number of hydrogen-bond acceptors (Lipinski definition) is 3. The summed E-state index contributed by atoms with van der Waals surface area (Å²) in [5.74, 6) is 1.45. The first kappa shape index (κ1) is 12.4. The van der Waals surface area contributed by atoms with E-state index in [0.29, 0.717) is 12.8 Å². The lowest BCUT2D eigenvalue weighted by Crippen LogP contribution is -2.21. The van der Waals surface area contributed by atoms with Gasteiger partial charge in [-0.25, -0.2) is 5.48 Å². The molecule has 2 rings (SSSR count). The average molecular weight is 245 g/mol. The van der Waals surface area contributed by atoms with Crippen LogP contribution in [-0.4, -0.2) is 13.0 Å². The molecule has 0 atom stereocenters. The second kappa shape index (κ2) is 6.02. The van der Waals surface area contributed by atoms with E-state index in [1.807, 2.05) is 42.5 Å². The first-order valence-corrected chi connectivity index (χ1v) is 5.75. The molecule has 1 amide bonds. The molecule has 0 unspecified atom stereocenters. The lowest BCUT2D eigenvalue weighted by Gasteiger charge is -2.00. The maximum absolute atomic E-state index is 11.2. The first-order valence-electron chi connectivity index (χ1n) is 5.75. The van der Waals surface area contributed by atoms with Crippen LogP contribution in [0.2, 0.25) is 0 Å². The van der Waals surface area contributed by atoms with Crippen molar-refractivity contribution in [3.63, 3.8) is 0 Å². The van der Waals surface area contributed by atoms with Crippen molar-refractivity contribution in [2.24, 2.45) is 0 Å². The molecule has 1 aromatic carbocycles. The van der Waals surface area contributed by atoms with Gasteiger partial charge < -0.3 is 4.42 Å². The van der Waals surface area contributed by atoms with Gasteiger partial charge in [0, 0.05) is 18.4 Å². The summed E-state index contributed by atoms with van der Waals surface area (Å²) in [6.45, 7) is 0. The number of carbonyl (C=O) groups excluding carboxylic acids is 1. The van der Waals surface area contributed by atoms with Crippen LogP contribution >= 0.6 is 0 Å². The first-order chi connectivity index (χ1) is 8.79. The Balaban J connectivity index is 1.97. The van der Waals surface area contributed by atoms with Crippen molar-refractivity contribution in [1.29, 1.82) is 0 Å². The van der Waals surface area contributed by atoms with Crippen molar-refractivity contribution in [2.45, 2.75) is 12.8 Å². The summed E-state index contributed by atoms with van der Waals surface area (Å²) in [6.07, 6.45) is 0.900. The molecule has 4 heteroatoms. The van der Waals surface area contributed by atoms with Crippen LogP contribution in [0.15, 0.2) is 46.9 Å². The Morgan fingerprint density at radius 2 is 2.00 bits per heavy atom. The van der Waals surface area contributed by atoms with E-state index < -0.39 is 0 Å². The van der Waals surface area contributed by atoms with Crippen LogP contribution < -0.4 is 5.48 Å². The van der Waals surface area contributed by atoms with Crippen LogP contribution in [0, 0.1) is 0 Å². The van der Waals surface area contributed by atoms with E-state index in [-0.39, 0.29) is 5.91 Å². The average Bonchev–Trinajstić information content (AvgIpc) is 2.87. The lowest BCUT2D eigenvalue weighted by molar-refractivity contribution is -0.131. The molecule has 2 aromatic rings. The van der Waals surface area contributed by atoms with Crippen LogP contribution in [0.1, 0.15) is 12.2 Å². The van der Waals surface area contributed by atoms with E-state index in [9.17, 15) is 4.79 Å². The van der Waals surface area contributed by atoms with Gasteiger partial charge in [0.05, 0.1) is 7.11 Å². The van der Waals surface area contributed by atoms with Gasteiger partial charge in [0.1, 0.15) is 11.5 Å². The smallest absolute Gasteiger partial charge is 0.243 e. The molecule has 0 bridgehead atoms. The minimum absolute atomic E-state index is 0.157. The molecule has 0 saturated carbocycles. The van der Waals surface area contributed by atoms with E-state index in [1.165, 1.54) is 7.11 Å². The van der Waals surface area contributed by atoms with Crippen LogP contribution in [0.25, 0.3) is 11.3 Å². The fourth-order valence-electron chi connectivity index (χ4n) is 1.67. The molecule has 1 aromatic heterocycles. The highest BCUT2D eigenvalue weighted by molar-refractivity contribution is 5.74. The number of benzene rings is 1. The zero-order valence-electron chi connectivity index (χ0n) is 10.2. The fraction of sp³-hybridized carbons (Fsp3) is 0.214. The molecule has 18 heavy (non-hydrogen) atoms. The zero-order chi connectivity index (χ0) is 12.8. The molecule has 0 aliphatic heterocycles. The van der Waals surface area contributed by atoms with Crippen molar-refractivity contribution in [2.75, 3.05) is 7.11 Å². The van der Waals surface area contributed by atoms with E-state index in [4.69, 9.17) is 4.42 Å². The Kier molecular flexibility index (Phi) is 4.15. The van der Waals surface area contributed by atoms with Crippen molar-refractivity contribution < 1.29 is 14.0 Å². The molecular weight excluding hydrogens is 230 g/mol. The van der Waals surface area contributed by atoms with Gasteiger partial charge in [-0.3, -0.25) is 9.63 Å². The second-order valence-corrected chi connectivity index (χ2v) is 3.86. The normalized spacial score (nSPS) is 10.3. The van der Waals surface area contributed by atoms with Crippen LogP contribution in [-0.2, 0) is 16.1 Å². The quantitative estimate of drug-likeness (QED) is 0.824. The molecule has 94 valence electrons. The van der Waals surface area contributed by atoms with Gasteiger partial charge in [-0.05, 0) is 12.1 Å². The highest BCUT2D eigenvalue weighted by Crippen LogP contribution is 2.22. The van der Waals surface area contributed by atoms with Gasteiger partial charge in [-0.15, -0.1) is 0 Å². The van der Waals surface area contributed by atoms with Crippen LogP contribution in [0.4, 0.5) is 0 Å². The molecule has 1 heterocycles. The molecule has 0 aliphatic carbocycles. The third-order valence-corrected chi connectivity index (χ3v) is 2.53. The van der Waals surface area contributed by atoms with Crippen molar-refractivity contribution in [1.82, 2.24) is 5.48 Å². The minimum atomic E-state index is -0.157. The topological polar surface area (TPSA) is 51.5 Å². The van der Waals surface area contributed by atoms with Gasteiger partial charge in [-0.2, -0.15) is 0 Å². The van der Waals surface area contributed by atoms with Crippen LogP contribution in [0.5, 0.6) is 0 Å². The van der Waals surface area contributed by atoms with Gasteiger partial charge in [-0.1, -0.05) is 30.3 Å². The monoisotopic (exact) mass is 245 g/mol. The number of furan rings is 1. The fourth-order valence-corrected chi connectivity index (χ4v) is 1.67. The van der Waals surface area contributed by atoms with Crippen molar-refractivity contribution in [3.05, 3.63) is 48.2 Å². The summed E-state index contributed by atoms with van der Waals surface area (Å²) in [6, 6.07) is 13.7. The highest BCUT2D eigenvalue weighted by Gasteiger charge is 2.06. The summed E-state index contributed by atoms with van der Waals surface area (Å²) in [4.78, 5) is 15.8. The Morgan fingerprint density at radius 1 is 1.22 bits per heavy atom. The largest absolute Gasteiger partial charge is 0.461 e. The molecule has 0 aliphatic rings. The molecule has 1 N–H and O–H groups in total. The summed E-state index contributed by atoms with van der Waals surface area (Å²) < 4.78 is 5.68. The van der Waals surface area contributed by atoms with Crippen molar-refractivity contribution >= 4 is 5.91 Å².